The third-order valence-electron chi connectivity index (χ3n) is 3.14. The van der Waals surface area contributed by atoms with E-state index in [1.807, 2.05) is 0 Å². The largest absolute Gasteiger partial charge is 0.478 e. The van der Waals surface area contributed by atoms with Gasteiger partial charge in [-0.15, -0.1) is 0 Å². The Morgan fingerprint density at radius 2 is 2.12 bits per heavy atom. The lowest BCUT2D eigenvalue weighted by Crippen LogP contribution is -1.95. The van der Waals surface area contributed by atoms with Crippen LogP contribution < -0.4 is 0 Å². The predicted octanol–water partition coefficient (Wildman–Crippen LogP) is 2.69. The normalized spacial score (nSPS) is 15.8. The zero-order valence-electron chi connectivity index (χ0n) is 9.18. The summed E-state index contributed by atoms with van der Waals surface area (Å²) < 4.78 is 0. The van der Waals surface area contributed by atoms with E-state index < -0.39 is 5.97 Å². The average Bonchev–Trinajstić information content (AvgIpc) is 2.96. The van der Waals surface area contributed by atoms with E-state index in [1.54, 1.807) is 18.2 Å². The monoisotopic (exact) mass is 228 g/mol. The van der Waals surface area contributed by atoms with Gasteiger partial charge in [0.25, 0.3) is 0 Å². The molecular formula is C13H12N2O2. The Labute approximate surface area is 98.0 Å². The van der Waals surface area contributed by atoms with Gasteiger partial charge in [-0.2, -0.15) is 0 Å². The van der Waals surface area contributed by atoms with E-state index in [9.17, 15) is 4.79 Å². The fourth-order valence-corrected chi connectivity index (χ4v) is 2.20. The number of hydrogen-bond donors (Lipinski definition) is 2. The van der Waals surface area contributed by atoms with Crippen LogP contribution in [0.3, 0.4) is 0 Å². The number of rotatable bonds is 2. The molecular weight excluding hydrogens is 216 g/mol. The third kappa shape index (κ3) is 1.71. The summed E-state index contributed by atoms with van der Waals surface area (Å²) in [5.74, 6) is 0.453. The van der Waals surface area contributed by atoms with Gasteiger partial charge in [-0.1, -0.05) is 12.2 Å². The van der Waals surface area contributed by atoms with E-state index in [0.29, 0.717) is 5.92 Å². The molecule has 0 bridgehead atoms. The van der Waals surface area contributed by atoms with Crippen molar-refractivity contribution in [2.45, 2.75) is 18.8 Å². The third-order valence-corrected chi connectivity index (χ3v) is 3.14. The highest BCUT2D eigenvalue weighted by Gasteiger charge is 2.17. The van der Waals surface area contributed by atoms with Crippen LogP contribution in [0.25, 0.3) is 11.0 Å². The SMILES string of the molecule is O=C(O)c1ccc2nc(C3CC=CC3)[nH]c2c1. The lowest BCUT2D eigenvalue weighted by molar-refractivity contribution is 0.0697. The van der Waals surface area contributed by atoms with E-state index in [-0.39, 0.29) is 5.56 Å². The number of carbonyl (C=O) groups is 1. The molecule has 86 valence electrons. The van der Waals surface area contributed by atoms with Gasteiger partial charge >= 0.3 is 5.97 Å². The second-order valence-corrected chi connectivity index (χ2v) is 4.30. The fraction of sp³-hybridized carbons (Fsp3) is 0.231. The average molecular weight is 228 g/mol. The van der Waals surface area contributed by atoms with E-state index in [2.05, 4.69) is 22.1 Å². The smallest absolute Gasteiger partial charge is 0.335 e. The number of carboxylic acids is 1. The molecule has 1 aromatic carbocycles. The molecule has 0 fully saturated rings. The van der Waals surface area contributed by atoms with Gasteiger partial charge in [-0.3, -0.25) is 0 Å². The maximum Gasteiger partial charge on any atom is 0.335 e. The molecule has 4 nitrogen and oxygen atoms in total. The number of aromatic nitrogens is 2. The Morgan fingerprint density at radius 1 is 1.35 bits per heavy atom. The van der Waals surface area contributed by atoms with Crippen LogP contribution in [0.1, 0.15) is 34.9 Å². The summed E-state index contributed by atoms with van der Waals surface area (Å²) in [4.78, 5) is 18.6. The van der Waals surface area contributed by atoms with Gasteiger partial charge in [0, 0.05) is 5.92 Å². The maximum atomic E-state index is 10.9. The molecule has 0 amide bonds. The summed E-state index contributed by atoms with van der Waals surface area (Å²) in [5.41, 5.74) is 1.92. The van der Waals surface area contributed by atoms with Gasteiger partial charge in [-0.25, -0.2) is 9.78 Å². The molecule has 0 spiro atoms. The van der Waals surface area contributed by atoms with Gasteiger partial charge in [0.1, 0.15) is 5.82 Å². The van der Waals surface area contributed by atoms with Crippen molar-refractivity contribution in [3.63, 3.8) is 0 Å². The number of benzene rings is 1. The quantitative estimate of drug-likeness (QED) is 0.776. The highest BCUT2D eigenvalue weighted by Crippen LogP contribution is 2.28. The Hall–Kier alpha value is -2.10. The molecule has 17 heavy (non-hydrogen) atoms. The number of hydrogen-bond acceptors (Lipinski definition) is 2. The second-order valence-electron chi connectivity index (χ2n) is 4.30. The number of fused-ring (bicyclic) bond motifs is 1. The van der Waals surface area contributed by atoms with Gasteiger partial charge in [0.05, 0.1) is 16.6 Å². The molecule has 1 aliphatic rings. The molecule has 0 saturated carbocycles. The molecule has 1 heterocycles. The van der Waals surface area contributed by atoms with E-state index in [0.717, 1.165) is 29.7 Å². The molecule has 0 unspecified atom stereocenters. The zero-order valence-corrected chi connectivity index (χ0v) is 9.18. The Morgan fingerprint density at radius 3 is 2.82 bits per heavy atom. The van der Waals surface area contributed by atoms with Gasteiger partial charge in [0.2, 0.25) is 0 Å². The standard InChI is InChI=1S/C13H12N2O2/c16-13(17)9-5-6-10-11(7-9)15-12(14-10)8-3-1-2-4-8/h1-2,5-8H,3-4H2,(H,14,15)(H,16,17). The molecule has 1 aliphatic carbocycles. The molecule has 0 aliphatic heterocycles. The summed E-state index contributed by atoms with van der Waals surface area (Å²) >= 11 is 0. The topological polar surface area (TPSA) is 66.0 Å². The maximum absolute atomic E-state index is 10.9. The van der Waals surface area contributed by atoms with Crippen molar-refractivity contribution in [3.05, 3.63) is 41.7 Å². The van der Waals surface area contributed by atoms with Crippen molar-refractivity contribution in [2.24, 2.45) is 0 Å². The van der Waals surface area contributed by atoms with Crippen molar-refractivity contribution in [1.82, 2.24) is 9.97 Å². The first kappa shape index (κ1) is 10.1. The highest BCUT2D eigenvalue weighted by atomic mass is 16.4. The van der Waals surface area contributed by atoms with Crippen LogP contribution in [0.5, 0.6) is 0 Å². The molecule has 1 aromatic heterocycles. The van der Waals surface area contributed by atoms with Gasteiger partial charge < -0.3 is 10.1 Å². The number of nitrogens with one attached hydrogen (secondary N) is 1. The van der Waals surface area contributed by atoms with Crippen LogP contribution in [0.15, 0.2) is 30.4 Å². The van der Waals surface area contributed by atoms with Crippen LogP contribution in [-0.4, -0.2) is 21.0 Å². The first-order valence-electron chi connectivity index (χ1n) is 5.62. The van der Waals surface area contributed by atoms with Crippen molar-refractivity contribution < 1.29 is 9.90 Å². The van der Waals surface area contributed by atoms with Crippen LogP contribution in [-0.2, 0) is 0 Å². The van der Waals surface area contributed by atoms with Gasteiger partial charge in [0.15, 0.2) is 0 Å². The minimum absolute atomic E-state index is 0.289. The second kappa shape index (κ2) is 3.73. The summed E-state index contributed by atoms with van der Waals surface area (Å²) in [6.07, 6.45) is 6.32. The molecule has 3 rings (SSSR count). The molecule has 2 N–H and O–H groups in total. The molecule has 0 radical (unpaired) electrons. The number of H-pyrrole nitrogens is 1. The predicted molar refractivity (Wildman–Crippen MR) is 64.2 cm³/mol. The van der Waals surface area contributed by atoms with Crippen molar-refractivity contribution >= 4 is 17.0 Å². The van der Waals surface area contributed by atoms with Gasteiger partial charge in [-0.05, 0) is 31.0 Å². The highest BCUT2D eigenvalue weighted by molar-refractivity contribution is 5.92. The lowest BCUT2D eigenvalue weighted by Gasteiger charge is -2.02. The van der Waals surface area contributed by atoms with E-state index in [4.69, 9.17) is 5.11 Å². The van der Waals surface area contributed by atoms with E-state index >= 15 is 0 Å². The number of carboxylic acid groups (broad SMARTS) is 1. The molecule has 0 atom stereocenters. The summed E-state index contributed by atoms with van der Waals surface area (Å²) in [7, 11) is 0. The number of imidazole rings is 1. The molecule has 0 saturated heterocycles. The fourth-order valence-electron chi connectivity index (χ4n) is 2.20. The number of aromatic carboxylic acids is 1. The van der Waals surface area contributed by atoms with E-state index in [1.165, 1.54) is 0 Å². The lowest BCUT2D eigenvalue weighted by atomic mass is 10.1. The van der Waals surface area contributed by atoms with Crippen LogP contribution in [0.2, 0.25) is 0 Å². The molecule has 2 aromatic rings. The first-order valence-corrected chi connectivity index (χ1v) is 5.62. The van der Waals surface area contributed by atoms with Crippen LogP contribution >= 0.6 is 0 Å². The Balaban J connectivity index is 2.03. The van der Waals surface area contributed by atoms with Crippen LogP contribution in [0.4, 0.5) is 0 Å². The number of nitrogens with zero attached hydrogens (tertiary/aromatic N) is 1. The Kier molecular flexibility index (Phi) is 2.21. The molecule has 4 heteroatoms. The van der Waals surface area contributed by atoms with Crippen molar-refractivity contribution in [3.8, 4) is 0 Å². The van der Waals surface area contributed by atoms with Crippen molar-refractivity contribution in [1.29, 1.82) is 0 Å². The minimum atomic E-state index is -0.911. The number of allylic oxidation sites excluding steroid dienone is 2. The Bertz CT molecular complexity index is 605. The van der Waals surface area contributed by atoms with Crippen LogP contribution in [0, 0.1) is 0 Å². The summed E-state index contributed by atoms with van der Waals surface area (Å²) in [6, 6.07) is 4.97. The summed E-state index contributed by atoms with van der Waals surface area (Å²) in [6.45, 7) is 0. The van der Waals surface area contributed by atoms with Crippen molar-refractivity contribution in [2.75, 3.05) is 0 Å². The summed E-state index contributed by atoms with van der Waals surface area (Å²) in [5, 5.41) is 8.92. The zero-order chi connectivity index (χ0) is 11.8. The number of aromatic amines is 1. The first-order chi connectivity index (χ1) is 8.24. The minimum Gasteiger partial charge on any atom is -0.478 e.